The molecule has 0 heterocycles. The van der Waals surface area contributed by atoms with E-state index < -0.39 is 9.84 Å². The van der Waals surface area contributed by atoms with Crippen molar-refractivity contribution in [2.75, 3.05) is 24.8 Å². The summed E-state index contributed by atoms with van der Waals surface area (Å²) in [5.74, 6) is 0.263. The molecule has 1 rings (SSSR count). The minimum Gasteiger partial charge on any atom is -0.310 e. The summed E-state index contributed by atoms with van der Waals surface area (Å²) in [6, 6.07) is 8.59. The first kappa shape index (κ1) is 17.5. The maximum absolute atomic E-state index is 11.3. The van der Waals surface area contributed by atoms with Crippen LogP contribution >= 0.6 is 11.8 Å². The quantitative estimate of drug-likeness (QED) is 0.710. The average Bonchev–Trinajstić information content (AvgIpc) is 2.41. The Kier molecular flexibility index (Phi) is 7.62. The van der Waals surface area contributed by atoms with Gasteiger partial charge in [0.15, 0.2) is 0 Å². The van der Waals surface area contributed by atoms with E-state index in [1.165, 1.54) is 16.7 Å². The summed E-state index contributed by atoms with van der Waals surface area (Å²) in [6.45, 7) is 3.09. The van der Waals surface area contributed by atoms with Gasteiger partial charge in [-0.25, -0.2) is 8.42 Å². The molecule has 0 aromatic heterocycles. The SMILES string of the molecule is CCCNC(CCCS(C)(=O)=O)c1ccccc1SC. The Hall–Kier alpha value is -0.520. The Morgan fingerprint density at radius 2 is 2.00 bits per heavy atom. The molecular weight excluding hydrogens is 290 g/mol. The van der Waals surface area contributed by atoms with Crippen LogP contribution in [0.25, 0.3) is 0 Å². The lowest BCUT2D eigenvalue weighted by Crippen LogP contribution is -2.23. The first-order chi connectivity index (χ1) is 9.48. The van der Waals surface area contributed by atoms with Gasteiger partial charge in [0.2, 0.25) is 0 Å². The van der Waals surface area contributed by atoms with Gasteiger partial charge in [-0.05, 0) is 43.7 Å². The van der Waals surface area contributed by atoms with Crippen molar-refractivity contribution < 1.29 is 8.42 Å². The molecule has 0 bridgehead atoms. The lowest BCUT2D eigenvalue weighted by atomic mass is 10.0. The summed E-state index contributed by atoms with van der Waals surface area (Å²) in [5.41, 5.74) is 1.28. The number of hydrogen-bond acceptors (Lipinski definition) is 4. The highest BCUT2D eigenvalue weighted by atomic mass is 32.2. The fourth-order valence-electron chi connectivity index (χ4n) is 2.19. The second kappa shape index (κ2) is 8.70. The van der Waals surface area contributed by atoms with Crippen molar-refractivity contribution in [1.29, 1.82) is 0 Å². The summed E-state index contributed by atoms with van der Waals surface area (Å²) < 4.78 is 22.5. The molecule has 1 N–H and O–H groups in total. The molecule has 0 amide bonds. The molecule has 1 unspecified atom stereocenters. The van der Waals surface area contributed by atoms with Crippen molar-refractivity contribution in [3.63, 3.8) is 0 Å². The van der Waals surface area contributed by atoms with Crippen molar-refractivity contribution in [2.45, 2.75) is 37.1 Å². The van der Waals surface area contributed by atoms with Crippen LogP contribution in [0.5, 0.6) is 0 Å². The van der Waals surface area contributed by atoms with Gasteiger partial charge < -0.3 is 5.32 Å². The predicted octanol–water partition coefficient (Wildman–Crippen LogP) is 3.27. The molecule has 0 radical (unpaired) electrons. The standard InChI is InChI=1S/C15H25NO2S2/c1-4-11-16-14(9-7-12-20(3,17)18)13-8-5-6-10-15(13)19-2/h5-6,8,10,14,16H,4,7,9,11-12H2,1-3H3. The number of hydrogen-bond donors (Lipinski definition) is 1. The fraction of sp³-hybridized carbons (Fsp3) is 0.600. The van der Waals surface area contributed by atoms with Gasteiger partial charge in [0.05, 0.1) is 0 Å². The summed E-state index contributed by atoms with van der Waals surface area (Å²) in [6.07, 6.45) is 6.00. The first-order valence-corrected chi connectivity index (χ1v) is 10.3. The monoisotopic (exact) mass is 315 g/mol. The number of thioether (sulfide) groups is 1. The number of rotatable bonds is 9. The smallest absolute Gasteiger partial charge is 0.147 e. The van der Waals surface area contributed by atoms with Gasteiger partial charge >= 0.3 is 0 Å². The van der Waals surface area contributed by atoms with Crippen molar-refractivity contribution in [3.05, 3.63) is 29.8 Å². The predicted molar refractivity (Wildman–Crippen MR) is 88.2 cm³/mol. The summed E-state index contributed by atoms with van der Waals surface area (Å²) in [5, 5.41) is 3.54. The third-order valence-electron chi connectivity index (χ3n) is 3.16. The molecule has 20 heavy (non-hydrogen) atoms. The van der Waals surface area contributed by atoms with E-state index in [1.807, 2.05) is 12.1 Å². The molecular formula is C15H25NO2S2. The third kappa shape index (κ3) is 6.29. The summed E-state index contributed by atoms with van der Waals surface area (Å²) in [4.78, 5) is 1.26. The van der Waals surface area contributed by atoms with Gasteiger partial charge in [-0.2, -0.15) is 0 Å². The van der Waals surface area contributed by atoms with E-state index in [4.69, 9.17) is 0 Å². The molecule has 0 aliphatic rings. The lowest BCUT2D eigenvalue weighted by molar-refractivity contribution is 0.487. The van der Waals surface area contributed by atoms with Crippen LogP contribution in [0.3, 0.4) is 0 Å². The van der Waals surface area contributed by atoms with Gasteiger partial charge in [-0.15, -0.1) is 11.8 Å². The molecule has 0 aliphatic heterocycles. The minimum absolute atomic E-state index is 0.236. The second-order valence-electron chi connectivity index (χ2n) is 5.02. The zero-order valence-electron chi connectivity index (χ0n) is 12.6. The van der Waals surface area contributed by atoms with Gasteiger partial charge in [0, 0.05) is 22.9 Å². The second-order valence-corrected chi connectivity index (χ2v) is 8.13. The maximum Gasteiger partial charge on any atom is 0.147 e. The van der Waals surface area contributed by atoms with E-state index in [9.17, 15) is 8.42 Å². The van der Waals surface area contributed by atoms with Crippen LogP contribution < -0.4 is 5.32 Å². The molecule has 3 nitrogen and oxygen atoms in total. The van der Waals surface area contributed by atoms with Crippen LogP contribution in [0, 0.1) is 0 Å². The van der Waals surface area contributed by atoms with Gasteiger partial charge in [-0.3, -0.25) is 0 Å². The number of nitrogens with one attached hydrogen (secondary N) is 1. The minimum atomic E-state index is -2.87. The van der Waals surface area contributed by atoms with Crippen LogP contribution in [0.2, 0.25) is 0 Å². The highest BCUT2D eigenvalue weighted by Crippen LogP contribution is 2.28. The van der Waals surface area contributed by atoms with E-state index in [1.54, 1.807) is 11.8 Å². The molecule has 0 spiro atoms. The highest BCUT2D eigenvalue weighted by Gasteiger charge is 2.15. The molecule has 0 saturated heterocycles. The Balaban J connectivity index is 2.77. The summed E-state index contributed by atoms with van der Waals surface area (Å²) >= 11 is 1.74. The Labute approximate surface area is 127 Å². The molecule has 1 atom stereocenters. The Morgan fingerprint density at radius 1 is 1.30 bits per heavy atom. The molecule has 1 aromatic carbocycles. The normalized spacial score (nSPS) is 13.3. The van der Waals surface area contributed by atoms with Crippen molar-refractivity contribution in [2.24, 2.45) is 0 Å². The Bertz CT molecular complexity index is 500. The van der Waals surface area contributed by atoms with E-state index >= 15 is 0 Å². The van der Waals surface area contributed by atoms with Gasteiger partial charge in [0.25, 0.3) is 0 Å². The van der Waals surface area contributed by atoms with Crippen LogP contribution in [-0.4, -0.2) is 33.2 Å². The molecule has 5 heteroatoms. The Morgan fingerprint density at radius 3 is 2.60 bits per heavy atom. The molecule has 0 fully saturated rings. The molecule has 0 saturated carbocycles. The third-order valence-corrected chi connectivity index (χ3v) is 5.00. The summed E-state index contributed by atoms with van der Waals surface area (Å²) in [7, 11) is -2.87. The molecule has 1 aromatic rings. The zero-order chi connectivity index (χ0) is 15.0. The average molecular weight is 316 g/mol. The van der Waals surface area contributed by atoms with E-state index in [0.29, 0.717) is 6.42 Å². The first-order valence-electron chi connectivity index (χ1n) is 7.02. The maximum atomic E-state index is 11.3. The fourth-order valence-corrected chi connectivity index (χ4v) is 3.54. The lowest BCUT2D eigenvalue weighted by Gasteiger charge is -2.21. The number of benzene rings is 1. The van der Waals surface area contributed by atoms with Gasteiger partial charge in [-0.1, -0.05) is 25.1 Å². The van der Waals surface area contributed by atoms with Gasteiger partial charge in [0.1, 0.15) is 9.84 Å². The van der Waals surface area contributed by atoms with Crippen molar-refractivity contribution >= 4 is 21.6 Å². The highest BCUT2D eigenvalue weighted by molar-refractivity contribution is 7.98. The largest absolute Gasteiger partial charge is 0.310 e. The molecule has 0 aliphatic carbocycles. The van der Waals surface area contributed by atoms with Crippen LogP contribution in [-0.2, 0) is 9.84 Å². The van der Waals surface area contributed by atoms with Crippen molar-refractivity contribution in [1.82, 2.24) is 5.32 Å². The van der Waals surface area contributed by atoms with E-state index in [2.05, 4.69) is 30.6 Å². The van der Waals surface area contributed by atoms with Crippen molar-refractivity contribution in [3.8, 4) is 0 Å². The number of sulfone groups is 1. The topological polar surface area (TPSA) is 46.2 Å². The van der Waals surface area contributed by atoms with Crippen LogP contribution in [0.15, 0.2) is 29.2 Å². The zero-order valence-corrected chi connectivity index (χ0v) is 14.2. The van der Waals surface area contributed by atoms with Crippen LogP contribution in [0.4, 0.5) is 0 Å². The molecule has 114 valence electrons. The van der Waals surface area contributed by atoms with E-state index in [0.717, 1.165) is 19.4 Å². The van der Waals surface area contributed by atoms with E-state index in [-0.39, 0.29) is 11.8 Å². The van der Waals surface area contributed by atoms with Crippen LogP contribution in [0.1, 0.15) is 37.8 Å².